The average molecular weight is 278 g/mol. The molecular weight excluding hydrogens is 265 g/mol. The number of carbonyl (C=O) groups is 1. The van der Waals surface area contributed by atoms with E-state index in [4.69, 9.17) is 32.7 Å². The molecule has 0 aliphatic rings. The minimum Gasteiger partial charge on any atom is -0.494 e. The highest BCUT2D eigenvalue weighted by molar-refractivity contribution is 6.37. The molecule has 94 valence electrons. The van der Waals surface area contributed by atoms with Gasteiger partial charge in [0.2, 0.25) is 0 Å². The minimum atomic E-state index is -0.256. The predicted molar refractivity (Wildman–Crippen MR) is 67.2 cm³/mol. The van der Waals surface area contributed by atoms with Crippen molar-refractivity contribution in [2.24, 2.45) is 0 Å². The minimum absolute atomic E-state index is 0.256. The Morgan fingerprint density at radius 2 is 1.88 bits per heavy atom. The van der Waals surface area contributed by atoms with Crippen LogP contribution in [0.5, 0.6) is 5.75 Å². The third-order valence-electron chi connectivity index (χ3n) is 2.06. The van der Waals surface area contributed by atoms with Gasteiger partial charge >= 0.3 is 0 Å². The van der Waals surface area contributed by atoms with Crippen LogP contribution >= 0.6 is 23.2 Å². The summed E-state index contributed by atoms with van der Waals surface area (Å²) in [5.41, 5.74) is 0.386. The molecule has 0 heterocycles. The van der Waals surface area contributed by atoms with E-state index in [0.29, 0.717) is 34.5 Å². The van der Waals surface area contributed by atoms with Gasteiger partial charge in [0.15, 0.2) is 5.75 Å². The van der Waals surface area contributed by atoms with Crippen molar-refractivity contribution in [3.8, 4) is 5.75 Å². The normalized spacial score (nSPS) is 10.1. The fourth-order valence-corrected chi connectivity index (χ4v) is 1.90. The second-order valence-electron chi connectivity index (χ2n) is 3.22. The third kappa shape index (κ3) is 3.77. The summed E-state index contributed by atoms with van der Waals surface area (Å²) in [6, 6.07) is 3.02. The van der Waals surface area contributed by atoms with Crippen molar-refractivity contribution in [3.63, 3.8) is 0 Å². The van der Waals surface area contributed by atoms with Crippen LogP contribution in [0.4, 0.5) is 0 Å². The molecule has 0 aliphatic carbocycles. The number of hydrogen-bond acceptors (Lipinski definition) is 3. The Morgan fingerprint density at radius 3 is 2.35 bits per heavy atom. The molecule has 0 fully saturated rings. The summed E-state index contributed by atoms with van der Waals surface area (Å²) in [7, 11) is 3.03. The van der Waals surface area contributed by atoms with E-state index in [1.54, 1.807) is 7.11 Å². The van der Waals surface area contributed by atoms with Crippen LogP contribution in [0.2, 0.25) is 10.0 Å². The van der Waals surface area contributed by atoms with Gasteiger partial charge in [0.1, 0.15) is 0 Å². The summed E-state index contributed by atoms with van der Waals surface area (Å²) in [4.78, 5) is 11.7. The molecule has 0 atom stereocenters. The van der Waals surface area contributed by atoms with Crippen molar-refractivity contribution < 1.29 is 14.3 Å². The largest absolute Gasteiger partial charge is 0.494 e. The number of benzene rings is 1. The molecule has 0 aromatic heterocycles. The smallest absolute Gasteiger partial charge is 0.251 e. The van der Waals surface area contributed by atoms with Crippen molar-refractivity contribution >= 4 is 29.1 Å². The maximum atomic E-state index is 11.7. The van der Waals surface area contributed by atoms with E-state index in [-0.39, 0.29) is 5.91 Å². The van der Waals surface area contributed by atoms with E-state index in [1.807, 2.05) is 0 Å². The molecule has 0 aliphatic heterocycles. The first-order valence-corrected chi connectivity index (χ1v) is 5.66. The zero-order valence-electron chi connectivity index (χ0n) is 9.55. The lowest BCUT2D eigenvalue weighted by Crippen LogP contribution is -2.26. The first-order valence-electron chi connectivity index (χ1n) is 4.90. The van der Waals surface area contributed by atoms with Crippen LogP contribution in [-0.2, 0) is 4.74 Å². The molecule has 0 saturated carbocycles. The number of ether oxygens (including phenoxy) is 2. The van der Waals surface area contributed by atoms with Gasteiger partial charge in [0.25, 0.3) is 5.91 Å². The van der Waals surface area contributed by atoms with E-state index >= 15 is 0 Å². The van der Waals surface area contributed by atoms with Crippen molar-refractivity contribution in [3.05, 3.63) is 27.7 Å². The topological polar surface area (TPSA) is 47.6 Å². The second kappa shape index (κ2) is 6.69. The third-order valence-corrected chi connectivity index (χ3v) is 2.62. The van der Waals surface area contributed by atoms with E-state index in [2.05, 4.69) is 5.32 Å². The lowest BCUT2D eigenvalue weighted by Gasteiger charge is -2.09. The van der Waals surface area contributed by atoms with Gasteiger partial charge in [-0.25, -0.2) is 0 Å². The molecule has 6 heteroatoms. The fraction of sp³-hybridized carbons (Fsp3) is 0.364. The molecule has 1 amide bonds. The summed E-state index contributed by atoms with van der Waals surface area (Å²) < 4.78 is 9.82. The van der Waals surface area contributed by atoms with Gasteiger partial charge in [-0.05, 0) is 12.1 Å². The number of hydrogen-bond donors (Lipinski definition) is 1. The van der Waals surface area contributed by atoms with Crippen LogP contribution in [-0.4, -0.2) is 33.3 Å². The van der Waals surface area contributed by atoms with Crippen LogP contribution < -0.4 is 10.1 Å². The highest BCUT2D eigenvalue weighted by Crippen LogP contribution is 2.33. The van der Waals surface area contributed by atoms with Crippen LogP contribution in [0.3, 0.4) is 0 Å². The van der Waals surface area contributed by atoms with Crippen LogP contribution in [0.1, 0.15) is 10.4 Å². The average Bonchev–Trinajstić information content (AvgIpc) is 2.28. The molecular formula is C11H13Cl2NO3. The fourth-order valence-electron chi connectivity index (χ4n) is 1.25. The summed E-state index contributed by atoms with van der Waals surface area (Å²) in [6.45, 7) is 0.875. The predicted octanol–water partition coefficient (Wildman–Crippen LogP) is 2.38. The van der Waals surface area contributed by atoms with Gasteiger partial charge in [0, 0.05) is 19.2 Å². The van der Waals surface area contributed by atoms with E-state index in [0.717, 1.165) is 0 Å². The summed E-state index contributed by atoms with van der Waals surface area (Å²) >= 11 is 11.9. The van der Waals surface area contributed by atoms with E-state index in [9.17, 15) is 4.79 Å². The number of amides is 1. The van der Waals surface area contributed by atoms with Crippen molar-refractivity contribution in [2.75, 3.05) is 27.4 Å². The number of halogens is 2. The van der Waals surface area contributed by atoms with Gasteiger partial charge in [-0.1, -0.05) is 23.2 Å². The Hall–Kier alpha value is -0.970. The van der Waals surface area contributed by atoms with Crippen molar-refractivity contribution in [1.29, 1.82) is 0 Å². The molecule has 1 aromatic carbocycles. The first kappa shape index (κ1) is 14.1. The Balaban J connectivity index is 2.81. The van der Waals surface area contributed by atoms with Crippen LogP contribution in [0.15, 0.2) is 12.1 Å². The highest BCUT2D eigenvalue weighted by Gasteiger charge is 2.12. The maximum Gasteiger partial charge on any atom is 0.251 e. The second-order valence-corrected chi connectivity index (χ2v) is 4.04. The number of methoxy groups -OCH3 is 2. The van der Waals surface area contributed by atoms with Gasteiger partial charge < -0.3 is 14.8 Å². The van der Waals surface area contributed by atoms with Gasteiger partial charge in [0.05, 0.1) is 23.8 Å². The molecule has 0 radical (unpaired) electrons. The maximum absolute atomic E-state index is 11.7. The summed E-state index contributed by atoms with van der Waals surface area (Å²) in [6.07, 6.45) is 0. The molecule has 1 N–H and O–H groups in total. The number of nitrogens with one attached hydrogen (secondary N) is 1. The van der Waals surface area contributed by atoms with Gasteiger partial charge in [-0.15, -0.1) is 0 Å². The van der Waals surface area contributed by atoms with E-state index in [1.165, 1.54) is 19.2 Å². The van der Waals surface area contributed by atoms with Crippen LogP contribution in [0.25, 0.3) is 0 Å². The first-order chi connectivity index (χ1) is 8.10. The quantitative estimate of drug-likeness (QED) is 0.841. The number of rotatable bonds is 5. The Morgan fingerprint density at radius 1 is 1.29 bits per heavy atom. The summed E-state index contributed by atoms with van der Waals surface area (Å²) in [5, 5.41) is 3.28. The summed E-state index contributed by atoms with van der Waals surface area (Å²) in [5.74, 6) is 0.107. The molecule has 0 saturated heterocycles. The zero-order valence-corrected chi connectivity index (χ0v) is 11.1. The zero-order chi connectivity index (χ0) is 12.8. The van der Waals surface area contributed by atoms with Crippen molar-refractivity contribution in [2.45, 2.75) is 0 Å². The Kier molecular flexibility index (Phi) is 5.55. The molecule has 0 spiro atoms. The van der Waals surface area contributed by atoms with Crippen molar-refractivity contribution in [1.82, 2.24) is 5.32 Å². The molecule has 1 aromatic rings. The standard InChI is InChI=1S/C11H13Cl2NO3/c1-16-4-3-14-11(15)7-5-8(12)10(17-2)9(13)6-7/h5-6H,3-4H2,1-2H3,(H,14,15). The molecule has 1 rings (SSSR count). The monoisotopic (exact) mass is 277 g/mol. The Labute approximate surface area is 110 Å². The SMILES string of the molecule is COCCNC(=O)c1cc(Cl)c(OC)c(Cl)c1. The lowest BCUT2D eigenvalue weighted by molar-refractivity contribution is 0.0937. The highest BCUT2D eigenvalue weighted by atomic mass is 35.5. The van der Waals surface area contributed by atoms with Crippen LogP contribution in [0, 0.1) is 0 Å². The van der Waals surface area contributed by atoms with Gasteiger partial charge in [-0.2, -0.15) is 0 Å². The Bertz CT molecular complexity index is 387. The van der Waals surface area contributed by atoms with E-state index < -0.39 is 0 Å². The molecule has 17 heavy (non-hydrogen) atoms. The van der Waals surface area contributed by atoms with Gasteiger partial charge in [-0.3, -0.25) is 4.79 Å². The molecule has 4 nitrogen and oxygen atoms in total. The molecule has 0 unspecified atom stereocenters. The molecule has 0 bridgehead atoms. The lowest BCUT2D eigenvalue weighted by atomic mass is 10.2. The number of carbonyl (C=O) groups excluding carboxylic acids is 1.